The van der Waals surface area contributed by atoms with E-state index >= 15 is 0 Å². The van der Waals surface area contributed by atoms with E-state index in [1.165, 1.54) is 43.9 Å². The largest absolute Gasteiger partial charge is 0.510 e. The van der Waals surface area contributed by atoms with Crippen LogP contribution in [0.25, 0.3) is 0 Å². The second-order valence-corrected chi connectivity index (χ2v) is 11.6. The van der Waals surface area contributed by atoms with Crippen molar-refractivity contribution in [3.05, 3.63) is 35.7 Å². The molecule has 32 heavy (non-hydrogen) atoms. The summed E-state index contributed by atoms with van der Waals surface area (Å²) in [5, 5.41) is 9.49. The number of aliphatic hydroxyl groups excluding tert-OH is 1. The molecule has 1 aromatic rings. The highest BCUT2D eigenvalue weighted by molar-refractivity contribution is 8.00. The molecule has 3 atom stereocenters. The number of unbranched alkanes of at least 4 members (excludes halogenated alkanes) is 5. The summed E-state index contributed by atoms with van der Waals surface area (Å²) in [6, 6.07) is 6.01. The Balaban J connectivity index is 0.000000238. The fraction of sp³-hybridized carbons (Fsp3) is 0.625. The molecule has 1 aromatic carbocycles. The Morgan fingerprint density at radius 3 is 2.69 bits per heavy atom. The van der Waals surface area contributed by atoms with Gasteiger partial charge in [0.25, 0.3) is 0 Å². The Morgan fingerprint density at radius 2 is 1.94 bits per heavy atom. The number of thioether (sulfide) groups is 1. The third-order valence-electron chi connectivity index (χ3n) is 5.77. The van der Waals surface area contributed by atoms with Crippen molar-refractivity contribution in [2.24, 2.45) is 0 Å². The van der Waals surface area contributed by atoms with Gasteiger partial charge in [0.05, 0.1) is 17.5 Å². The van der Waals surface area contributed by atoms with Crippen LogP contribution in [-0.2, 0) is 22.0 Å². The number of ether oxygens (including phenoxy) is 2. The number of rotatable bonds is 10. The van der Waals surface area contributed by atoms with E-state index in [2.05, 4.69) is 13.8 Å². The monoisotopic (exact) mass is 481 g/mol. The van der Waals surface area contributed by atoms with Crippen LogP contribution >= 0.6 is 11.8 Å². The third-order valence-corrected chi connectivity index (χ3v) is 8.76. The summed E-state index contributed by atoms with van der Waals surface area (Å²) in [5.41, 5.74) is 1.17. The number of benzene rings is 1. The Bertz CT molecular complexity index is 829. The highest BCUT2D eigenvalue weighted by Crippen LogP contribution is 2.34. The van der Waals surface area contributed by atoms with Crippen LogP contribution in [0.2, 0.25) is 0 Å². The summed E-state index contributed by atoms with van der Waals surface area (Å²) in [5.74, 6) is 3.51. The van der Waals surface area contributed by atoms with Gasteiger partial charge in [-0.15, -0.1) is 11.8 Å². The molecule has 3 aliphatic heterocycles. The lowest BCUT2D eigenvalue weighted by Gasteiger charge is -2.39. The summed E-state index contributed by atoms with van der Waals surface area (Å²) in [7, 11) is -0.743. The molecule has 2 unspecified atom stereocenters. The first kappa shape index (κ1) is 25.0. The molecule has 4 rings (SSSR count). The molecule has 3 aliphatic rings. The van der Waals surface area contributed by atoms with Crippen LogP contribution in [0, 0.1) is 0 Å². The topological polar surface area (TPSA) is 76.1 Å². The Hall–Kier alpha value is -1.67. The highest BCUT2D eigenvalue weighted by Gasteiger charge is 2.37. The Morgan fingerprint density at radius 1 is 1.19 bits per heavy atom. The minimum Gasteiger partial charge on any atom is -0.510 e. The van der Waals surface area contributed by atoms with E-state index in [0.717, 1.165) is 30.1 Å². The molecule has 0 saturated carbocycles. The molecular weight excluding hydrogens is 446 g/mol. The van der Waals surface area contributed by atoms with E-state index in [9.17, 15) is 9.00 Å². The Kier molecular flexibility index (Phi) is 9.78. The zero-order valence-electron chi connectivity index (χ0n) is 19.1. The maximum Gasteiger partial charge on any atom is 0.231 e. The molecule has 6 nitrogen and oxygen atoms in total. The first-order chi connectivity index (χ1) is 15.5. The molecule has 0 aliphatic carbocycles. The molecule has 1 fully saturated rings. The van der Waals surface area contributed by atoms with Crippen molar-refractivity contribution in [3.8, 4) is 11.5 Å². The number of fused-ring (bicyclic) bond motifs is 2. The summed E-state index contributed by atoms with van der Waals surface area (Å²) in [4.78, 5) is 12.4. The second-order valence-electron chi connectivity index (χ2n) is 8.45. The van der Waals surface area contributed by atoms with Gasteiger partial charge < -0.3 is 19.5 Å². The summed E-state index contributed by atoms with van der Waals surface area (Å²) >= 11 is 1.61. The van der Waals surface area contributed by atoms with Crippen LogP contribution in [0.5, 0.6) is 11.5 Å². The maximum atomic E-state index is 12.3. The van der Waals surface area contributed by atoms with E-state index < -0.39 is 10.8 Å². The van der Waals surface area contributed by atoms with Gasteiger partial charge in [0.2, 0.25) is 12.7 Å². The lowest BCUT2D eigenvalue weighted by molar-refractivity contribution is -0.137. The van der Waals surface area contributed by atoms with Gasteiger partial charge in [0, 0.05) is 28.0 Å². The maximum absolute atomic E-state index is 12.3. The van der Waals surface area contributed by atoms with Gasteiger partial charge in [0.15, 0.2) is 11.5 Å². The quantitative estimate of drug-likeness (QED) is 0.368. The molecule has 178 valence electrons. The SMILES string of the molecule is CCCCCCCCS(=O)C(C)Cc1ccc2c(c1)OCO2.O=C1C[C@H]2SCC(O)=CN12. The number of β-lactam (4-membered cyclic amide) rings is 1. The van der Waals surface area contributed by atoms with Crippen LogP contribution < -0.4 is 9.47 Å². The predicted molar refractivity (Wildman–Crippen MR) is 131 cm³/mol. The molecule has 1 N–H and O–H groups in total. The van der Waals surface area contributed by atoms with Crippen LogP contribution in [0.3, 0.4) is 0 Å². The van der Waals surface area contributed by atoms with Gasteiger partial charge in [-0.2, -0.15) is 0 Å². The zero-order valence-corrected chi connectivity index (χ0v) is 20.7. The molecule has 0 bridgehead atoms. The standard InChI is InChI=1S/C18H28O3S.C6H7NO2S/c1-3-4-5-6-7-8-11-22(19)15(2)12-16-9-10-17-18(13-16)21-14-20-17;8-4-2-7-5(9)1-6(7)10-3-4/h9-10,13,15H,3-8,11-12,14H2,1-2H3;2,6,8H,1,3H2/t;6-/m.1/s1. The molecular formula is C24H35NO5S2. The number of carbonyl (C=O) groups excluding carboxylic acids is 1. The molecule has 1 saturated heterocycles. The van der Waals surface area contributed by atoms with Crippen molar-refractivity contribution in [1.82, 2.24) is 4.90 Å². The van der Waals surface area contributed by atoms with E-state index in [4.69, 9.17) is 14.6 Å². The minimum atomic E-state index is -0.743. The predicted octanol–water partition coefficient (Wildman–Crippen LogP) is 5.15. The number of carbonyl (C=O) groups is 1. The number of aliphatic hydroxyl groups is 1. The normalized spacial score (nSPS) is 20.4. The van der Waals surface area contributed by atoms with Gasteiger partial charge in [-0.05, 0) is 30.5 Å². The number of amides is 1. The van der Waals surface area contributed by atoms with Crippen LogP contribution in [0.15, 0.2) is 30.2 Å². The third kappa shape index (κ3) is 7.17. The smallest absolute Gasteiger partial charge is 0.231 e. The van der Waals surface area contributed by atoms with Crippen LogP contribution in [0.1, 0.15) is 64.4 Å². The molecule has 0 spiro atoms. The van der Waals surface area contributed by atoms with Crippen molar-refractivity contribution >= 4 is 28.5 Å². The average Bonchev–Trinajstić information content (AvgIpc) is 3.25. The average molecular weight is 482 g/mol. The second kappa shape index (κ2) is 12.5. The molecule has 0 aromatic heterocycles. The summed E-state index contributed by atoms with van der Waals surface area (Å²) in [6.07, 6.45) is 10.5. The molecule has 1 amide bonds. The fourth-order valence-electron chi connectivity index (χ4n) is 3.79. The number of nitrogens with zero attached hydrogens (tertiary/aromatic N) is 1. The lowest BCUT2D eigenvalue weighted by atomic mass is 10.1. The van der Waals surface area contributed by atoms with E-state index in [1.54, 1.807) is 16.7 Å². The first-order valence-electron chi connectivity index (χ1n) is 11.6. The van der Waals surface area contributed by atoms with Crippen LogP contribution in [-0.4, -0.2) is 49.0 Å². The van der Waals surface area contributed by atoms with Gasteiger partial charge in [-0.3, -0.25) is 9.00 Å². The van der Waals surface area contributed by atoms with Crippen molar-refractivity contribution in [1.29, 1.82) is 0 Å². The molecule has 3 heterocycles. The minimum absolute atomic E-state index is 0.115. The van der Waals surface area contributed by atoms with Gasteiger partial charge in [-0.1, -0.05) is 52.0 Å². The summed E-state index contributed by atoms with van der Waals surface area (Å²) < 4.78 is 23.0. The van der Waals surface area contributed by atoms with Gasteiger partial charge in [-0.25, -0.2) is 0 Å². The lowest BCUT2D eigenvalue weighted by Crippen LogP contribution is -2.49. The van der Waals surface area contributed by atoms with E-state index in [-0.39, 0.29) is 11.2 Å². The van der Waals surface area contributed by atoms with Crippen molar-refractivity contribution in [2.45, 2.75) is 75.8 Å². The molecule has 8 heteroatoms. The highest BCUT2D eigenvalue weighted by atomic mass is 32.2. The first-order valence-corrected chi connectivity index (χ1v) is 14.0. The summed E-state index contributed by atoms with van der Waals surface area (Å²) in [6.45, 7) is 4.61. The van der Waals surface area contributed by atoms with Crippen molar-refractivity contribution < 1.29 is 23.6 Å². The fourth-order valence-corrected chi connectivity index (χ4v) is 6.10. The Labute approximate surface area is 198 Å². The molecule has 0 radical (unpaired) electrons. The van der Waals surface area contributed by atoms with Crippen LogP contribution in [0.4, 0.5) is 0 Å². The van der Waals surface area contributed by atoms with Gasteiger partial charge >= 0.3 is 0 Å². The van der Waals surface area contributed by atoms with Crippen molar-refractivity contribution in [3.63, 3.8) is 0 Å². The zero-order chi connectivity index (χ0) is 22.9. The number of hydrogen-bond acceptors (Lipinski definition) is 6. The van der Waals surface area contributed by atoms with E-state index in [0.29, 0.717) is 30.1 Å². The van der Waals surface area contributed by atoms with Crippen molar-refractivity contribution in [2.75, 3.05) is 18.3 Å². The number of hydrogen-bond donors (Lipinski definition) is 1. The van der Waals surface area contributed by atoms with E-state index in [1.807, 2.05) is 18.2 Å². The van der Waals surface area contributed by atoms with Gasteiger partial charge in [0.1, 0.15) is 5.76 Å².